The highest BCUT2D eigenvalue weighted by atomic mass is 16.6. The first-order chi connectivity index (χ1) is 10.8. The molecule has 0 spiro atoms. The van der Waals surface area contributed by atoms with E-state index in [-0.39, 0.29) is 11.5 Å². The smallest absolute Gasteiger partial charge is 0.158 e. The van der Waals surface area contributed by atoms with Gasteiger partial charge in [-0.3, -0.25) is 4.98 Å². The lowest BCUT2D eigenvalue weighted by atomic mass is 9.74. The van der Waals surface area contributed by atoms with Crippen LogP contribution in [-0.2, 0) is 10.3 Å². The van der Waals surface area contributed by atoms with Crippen LogP contribution in [0.15, 0.2) is 54.9 Å². The summed E-state index contributed by atoms with van der Waals surface area (Å²) in [5.41, 5.74) is 2.21. The Hall–Kier alpha value is -1.71. The van der Waals surface area contributed by atoms with E-state index in [4.69, 9.17) is 4.74 Å². The highest BCUT2D eigenvalue weighted by Crippen LogP contribution is 2.70. The molecule has 3 aliphatic rings. The van der Waals surface area contributed by atoms with Crippen LogP contribution in [0, 0.1) is 17.8 Å². The Bertz CT molecular complexity index is 689. The molecular weight excluding hydrogens is 274 g/mol. The van der Waals surface area contributed by atoms with E-state index in [1.807, 2.05) is 24.5 Å². The topological polar surface area (TPSA) is 42.4 Å². The van der Waals surface area contributed by atoms with Crippen LogP contribution in [-0.4, -0.2) is 16.4 Å². The molecular formula is C19H19NO2. The molecule has 2 aromatic rings. The average molecular weight is 293 g/mol. The van der Waals surface area contributed by atoms with Crippen LogP contribution in [0.5, 0.6) is 0 Å². The first-order valence-corrected chi connectivity index (χ1v) is 8.11. The summed E-state index contributed by atoms with van der Waals surface area (Å²) in [7, 11) is 0. The number of pyridine rings is 1. The van der Waals surface area contributed by atoms with Gasteiger partial charge in [0, 0.05) is 24.2 Å². The molecule has 0 unspecified atom stereocenters. The van der Waals surface area contributed by atoms with Gasteiger partial charge >= 0.3 is 0 Å². The molecule has 2 bridgehead atoms. The summed E-state index contributed by atoms with van der Waals surface area (Å²) in [5, 5.41) is 10.4. The van der Waals surface area contributed by atoms with Crippen molar-refractivity contribution in [2.75, 3.05) is 0 Å². The first-order valence-electron chi connectivity index (χ1n) is 8.11. The predicted molar refractivity (Wildman–Crippen MR) is 81.9 cm³/mol. The van der Waals surface area contributed by atoms with Crippen molar-refractivity contribution < 1.29 is 9.84 Å². The van der Waals surface area contributed by atoms with Crippen molar-refractivity contribution in [2.45, 2.75) is 30.7 Å². The number of aliphatic hydroxyl groups is 1. The van der Waals surface area contributed by atoms with Crippen LogP contribution < -0.4 is 0 Å². The lowest BCUT2D eigenvalue weighted by Crippen LogP contribution is -2.32. The van der Waals surface area contributed by atoms with Gasteiger partial charge in [0.25, 0.3) is 0 Å². The Labute approximate surface area is 130 Å². The van der Waals surface area contributed by atoms with Gasteiger partial charge in [0.15, 0.2) is 6.29 Å². The normalized spacial score (nSPS) is 42.0. The summed E-state index contributed by atoms with van der Waals surface area (Å²) in [6.07, 6.45) is 5.27. The molecule has 1 aromatic heterocycles. The zero-order chi connectivity index (χ0) is 14.7. The summed E-state index contributed by atoms with van der Waals surface area (Å²) in [6.45, 7) is 0. The van der Waals surface area contributed by atoms with Gasteiger partial charge in [-0.05, 0) is 41.9 Å². The third-order valence-corrected chi connectivity index (χ3v) is 6.06. The number of hydrogen-bond acceptors (Lipinski definition) is 3. The molecule has 1 aliphatic heterocycles. The van der Waals surface area contributed by atoms with E-state index in [2.05, 4.69) is 35.3 Å². The summed E-state index contributed by atoms with van der Waals surface area (Å²) in [6, 6.07) is 14.7. The van der Waals surface area contributed by atoms with Crippen molar-refractivity contribution in [3.05, 3.63) is 66.0 Å². The van der Waals surface area contributed by atoms with Crippen LogP contribution in [0.1, 0.15) is 29.9 Å². The number of hydrogen-bond donors (Lipinski definition) is 1. The van der Waals surface area contributed by atoms with Crippen molar-refractivity contribution in [2.24, 2.45) is 17.8 Å². The summed E-state index contributed by atoms with van der Waals surface area (Å²) < 4.78 is 6.20. The first kappa shape index (κ1) is 12.8. The zero-order valence-electron chi connectivity index (χ0n) is 12.3. The molecule has 0 amide bonds. The van der Waals surface area contributed by atoms with Crippen LogP contribution in [0.4, 0.5) is 0 Å². The van der Waals surface area contributed by atoms with Crippen molar-refractivity contribution >= 4 is 0 Å². The maximum absolute atomic E-state index is 10.4. The fourth-order valence-corrected chi connectivity index (χ4v) is 5.45. The van der Waals surface area contributed by atoms with Crippen molar-refractivity contribution in [3.8, 4) is 0 Å². The predicted octanol–water partition coefficient (Wildman–Crippen LogP) is 3.07. The maximum Gasteiger partial charge on any atom is 0.158 e. The molecule has 1 N–H and O–H groups in total. The maximum atomic E-state index is 10.4. The van der Waals surface area contributed by atoms with Crippen LogP contribution in [0.25, 0.3) is 0 Å². The molecule has 2 heterocycles. The lowest BCUT2D eigenvalue weighted by Gasteiger charge is -2.32. The second-order valence-electron chi connectivity index (χ2n) is 6.97. The molecule has 2 aliphatic carbocycles. The third kappa shape index (κ3) is 1.50. The Morgan fingerprint density at radius 3 is 2.77 bits per heavy atom. The number of ether oxygens (including phenoxy) is 1. The second-order valence-corrected chi connectivity index (χ2v) is 6.97. The van der Waals surface area contributed by atoms with E-state index in [0.717, 1.165) is 12.8 Å². The standard InChI is InChI=1S/C19H19NO2/c21-18-15-9-13-10-19(22-18,14-6-2-1-3-7-14)17(15)16(13)12-5-4-8-20-11-12/h1-8,11,13,15-18,21H,9-10H2/t13-,15-,16-,17-,18-,19-/m1/s1. The van der Waals surface area contributed by atoms with E-state index in [0.29, 0.717) is 17.8 Å². The number of benzene rings is 1. The second kappa shape index (κ2) is 4.40. The van der Waals surface area contributed by atoms with Gasteiger partial charge in [0.1, 0.15) is 5.60 Å². The Kier molecular flexibility index (Phi) is 2.56. The van der Waals surface area contributed by atoms with E-state index in [9.17, 15) is 5.11 Å². The fraction of sp³-hybridized carbons (Fsp3) is 0.421. The zero-order valence-corrected chi connectivity index (χ0v) is 12.3. The van der Waals surface area contributed by atoms with Crippen LogP contribution in [0.2, 0.25) is 0 Å². The molecule has 0 radical (unpaired) electrons. The molecule has 3 heteroatoms. The number of aliphatic hydroxyl groups excluding tert-OH is 1. The largest absolute Gasteiger partial charge is 0.368 e. The highest BCUT2D eigenvalue weighted by Gasteiger charge is 2.69. The van der Waals surface area contributed by atoms with Crippen LogP contribution in [0.3, 0.4) is 0 Å². The Balaban J connectivity index is 1.64. The number of fused-ring (bicyclic) bond motifs is 1. The monoisotopic (exact) mass is 293 g/mol. The molecule has 2 saturated carbocycles. The minimum absolute atomic E-state index is 0.254. The van der Waals surface area contributed by atoms with E-state index in [1.54, 1.807) is 0 Å². The summed E-state index contributed by atoms with van der Waals surface area (Å²) in [5.74, 6) is 1.65. The molecule has 3 fully saturated rings. The number of nitrogens with zero attached hydrogens (tertiary/aromatic N) is 1. The molecule has 6 atom stereocenters. The van der Waals surface area contributed by atoms with Gasteiger partial charge in [-0.15, -0.1) is 0 Å². The van der Waals surface area contributed by atoms with Gasteiger partial charge in [0.05, 0.1) is 0 Å². The van der Waals surface area contributed by atoms with Crippen molar-refractivity contribution in [1.29, 1.82) is 0 Å². The van der Waals surface area contributed by atoms with Crippen LogP contribution >= 0.6 is 0 Å². The molecule has 22 heavy (non-hydrogen) atoms. The number of rotatable bonds is 2. The van der Waals surface area contributed by atoms with E-state index < -0.39 is 6.29 Å². The van der Waals surface area contributed by atoms with Gasteiger partial charge in [-0.2, -0.15) is 0 Å². The third-order valence-electron chi connectivity index (χ3n) is 6.06. The van der Waals surface area contributed by atoms with E-state index in [1.165, 1.54) is 11.1 Å². The van der Waals surface area contributed by atoms with Crippen molar-refractivity contribution in [3.63, 3.8) is 0 Å². The highest BCUT2D eigenvalue weighted by molar-refractivity contribution is 5.35. The quantitative estimate of drug-likeness (QED) is 0.925. The SMILES string of the molecule is O[C@@H]1O[C@@]2(c3ccccc3)C[C@H]3C[C@@H]1[C@@H]2[C@@H]3c1cccnc1. The van der Waals surface area contributed by atoms with Gasteiger partial charge < -0.3 is 9.84 Å². The molecule has 5 rings (SSSR count). The minimum atomic E-state index is -0.628. The Morgan fingerprint density at radius 2 is 2.00 bits per heavy atom. The van der Waals surface area contributed by atoms with Gasteiger partial charge in [0.2, 0.25) is 0 Å². The van der Waals surface area contributed by atoms with Crippen molar-refractivity contribution in [1.82, 2.24) is 4.98 Å². The fourth-order valence-electron chi connectivity index (χ4n) is 5.45. The average Bonchev–Trinajstić information content (AvgIpc) is 3.14. The minimum Gasteiger partial charge on any atom is -0.368 e. The van der Waals surface area contributed by atoms with Gasteiger partial charge in [-0.1, -0.05) is 36.4 Å². The van der Waals surface area contributed by atoms with E-state index >= 15 is 0 Å². The summed E-state index contributed by atoms with van der Waals surface area (Å²) >= 11 is 0. The molecule has 1 saturated heterocycles. The molecule has 3 nitrogen and oxygen atoms in total. The lowest BCUT2D eigenvalue weighted by molar-refractivity contribution is -0.148. The summed E-state index contributed by atoms with van der Waals surface area (Å²) in [4.78, 5) is 4.31. The Morgan fingerprint density at radius 1 is 1.14 bits per heavy atom. The number of aromatic nitrogens is 1. The molecule has 1 aromatic carbocycles. The van der Waals surface area contributed by atoms with Gasteiger partial charge in [-0.25, -0.2) is 0 Å². The molecule has 112 valence electrons.